The summed E-state index contributed by atoms with van der Waals surface area (Å²) in [6, 6.07) is 1.62. The van der Waals surface area contributed by atoms with Crippen LogP contribution in [-0.4, -0.2) is 29.3 Å². The van der Waals surface area contributed by atoms with Gasteiger partial charge in [0.1, 0.15) is 6.04 Å². The van der Waals surface area contributed by atoms with Gasteiger partial charge in [-0.15, -0.1) is 11.3 Å². The average Bonchev–Trinajstić information content (AvgIpc) is 2.69. The summed E-state index contributed by atoms with van der Waals surface area (Å²) < 4.78 is 1.01. The fourth-order valence-electron chi connectivity index (χ4n) is 1.81. The molecule has 1 unspecified atom stereocenters. The van der Waals surface area contributed by atoms with E-state index in [1.165, 1.54) is 0 Å². The van der Waals surface area contributed by atoms with Gasteiger partial charge in [-0.05, 0) is 28.4 Å². The molecular weight excluding hydrogens is 304 g/mol. The lowest BCUT2D eigenvalue weighted by Crippen LogP contribution is -2.57. The van der Waals surface area contributed by atoms with E-state index in [9.17, 15) is 9.59 Å². The summed E-state index contributed by atoms with van der Waals surface area (Å²) in [5.74, 6) is -0.0660. The van der Waals surface area contributed by atoms with Crippen molar-refractivity contribution in [1.29, 1.82) is 0 Å². The fraction of sp³-hybridized carbons (Fsp3) is 0.455. The van der Waals surface area contributed by atoms with Crippen molar-refractivity contribution < 1.29 is 9.59 Å². The van der Waals surface area contributed by atoms with Crippen LogP contribution in [0.3, 0.4) is 0 Å². The summed E-state index contributed by atoms with van der Waals surface area (Å²) in [6.07, 6.45) is 0.634. The second-order valence-electron chi connectivity index (χ2n) is 3.95. The minimum atomic E-state index is -0.361. The Morgan fingerprint density at radius 1 is 1.59 bits per heavy atom. The predicted molar refractivity (Wildman–Crippen MR) is 69.7 cm³/mol. The molecule has 2 rings (SSSR count). The summed E-state index contributed by atoms with van der Waals surface area (Å²) in [6.45, 7) is 2.57. The van der Waals surface area contributed by atoms with E-state index < -0.39 is 0 Å². The monoisotopic (exact) mass is 316 g/mol. The van der Waals surface area contributed by atoms with E-state index in [2.05, 4.69) is 21.2 Å². The zero-order valence-electron chi connectivity index (χ0n) is 9.40. The van der Waals surface area contributed by atoms with E-state index in [-0.39, 0.29) is 24.4 Å². The Hall–Kier alpha value is -0.880. The molecule has 17 heavy (non-hydrogen) atoms. The Morgan fingerprint density at radius 2 is 2.35 bits per heavy atom. The first-order chi connectivity index (χ1) is 8.10. The molecule has 0 aliphatic carbocycles. The Bertz CT molecular complexity index is 446. The molecular formula is C11H13BrN2O2S. The molecule has 1 atom stereocenters. The first-order valence-electron chi connectivity index (χ1n) is 5.41. The number of carbonyl (C=O) groups is 2. The molecule has 4 nitrogen and oxygen atoms in total. The van der Waals surface area contributed by atoms with Crippen LogP contribution in [0.15, 0.2) is 15.9 Å². The lowest BCUT2D eigenvalue weighted by Gasteiger charge is -2.31. The third-order valence-electron chi connectivity index (χ3n) is 2.66. The average molecular weight is 317 g/mol. The molecule has 6 heteroatoms. The number of hydrogen-bond donors (Lipinski definition) is 1. The van der Waals surface area contributed by atoms with Gasteiger partial charge in [0.05, 0.1) is 13.1 Å². The maximum absolute atomic E-state index is 12.0. The Kier molecular flexibility index (Phi) is 3.83. The van der Waals surface area contributed by atoms with E-state index in [0.29, 0.717) is 13.0 Å². The van der Waals surface area contributed by atoms with E-state index in [0.717, 1.165) is 9.35 Å². The van der Waals surface area contributed by atoms with Gasteiger partial charge in [0, 0.05) is 14.7 Å². The number of rotatable bonds is 3. The molecule has 0 bridgehead atoms. The topological polar surface area (TPSA) is 49.4 Å². The van der Waals surface area contributed by atoms with E-state index in [1.54, 1.807) is 16.2 Å². The third-order valence-corrected chi connectivity index (χ3v) is 4.34. The van der Waals surface area contributed by atoms with Crippen molar-refractivity contribution >= 4 is 39.1 Å². The number of piperazine rings is 1. The molecule has 0 spiro atoms. The maximum atomic E-state index is 12.0. The van der Waals surface area contributed by atoms with Crippen LogP contribution in [0, 0.1) is 0 Å². The highest BCUT2D eigenvalue weighted by Gasteiger charge is 2.31. The first-order valence-corrected chi connectivity index (χ1v) is 7.08. The molecule has 0 saturated carbocycles. The van der Waals surface area contributed by atoms with E-state index >= 15 is 0 Å². The number of halogens is 1. The van der Waals surface area contributed by atoms with Crippen molar-refractivity contribution in [2.24, 2.45) is 0 Å². The van der Waals surface area contributed by atoms with Crippen LogP contribution in [0.1, 0.15) is 18.2 Å². The van der Waals surface area contributed by atoms with Gasteiger partial charge >= 0.3 is 0 Å². The van der Waals surface area contributed by atoms with Gasteiger partial charge in [-0.1, -0.05) is 6.92 Å². The van der Waals surface area contributed by atoms with Gasteiger partial charge in [0.2, 0.25) is 11.8 Å². The molecule has 1 aromatic rings. The minimum absolute atomic E-state index is 0.0108. The largest absolute Gasteiger partial charge is 0.343 e. The van der Waals surface area contributed by atoms with Crippen LogP contribution in [-0.2, 0) is 16.1 Å². The zero-order valence-corrected chi connectivity index (χ0v) is 11.8. The SMILES string of the molecule is CCC1NC(=O)CN(Cc2cc(Br)cs2)C1=O. The van der Waals surface area contributed by atoms with Crippen LogP contribution >= 0.6 is 27.3 Å². The van der Waals surface area contributed by atoms with Crippen LogP contribution in [0.2, 0.25) is 0 Å². The van der Waals surface area contributed by atoms with Crippen LogP contribution < -0.4 is 5.32 Å². The van der Waals surface area contributed by atoms with Crippen LogP contribution in [0.5, 0.6) is 0 Å². The zero-order chi connectivity index (χ0) is 12.4. The third kappa shape index (κ3) is 2.87. The summed E-state index contributed by atoms with van der Waals surface area (Å²) in [7, 11) is 0. The van der Waals surface area contributed by atoms with Gasteiger partial charge in [-0.3, -0.25) is 9.59 Å². The molecule has 1 aliphatic rings. The Morgan fingerprint density at radius 3 is 2.94 bits per heavy atom. The summed E-state index contributed by atoms with van der Waals surface area (Å²) in [5.41, 5.74) is 0. The highest BCUT2D eigenvalue weighted by molar-refractivity contribution is 9.10. The predicted octanol–water partition coefficient (Wildman–Crippen LogP) is 1.75. The van der Waals surface area contributed by atoms with Crippen molar-refractivity contribution in [3.63, 3.8) is 0 Å². The van der Waals surface area contributed by atoms with Gasteiger partial charge in [0.25, 0.3) is 0 Å². The van der Waals surface area contributed by atoms with Crippen molar-refractivity contribution in [3.8, 4) is 0 Å². The Labute approximate surface area is 112 Å². The molecule has 1 N–H and O–H groups in total. The van der Waals surface area contributed by atoms with E-state index in [4.69, 9.17) is 0 Å². The van der Waals surface area contributed by atoms with Gasteiger partial charge < -0.3 is 10.2 Å². The summed E-state index contributed by atoms with van der Waals surface area (Å²) in [5, 5.41) is 4.67. The highest BCUT2D eigenvalue weighted by atomic mass is 79.9. The first kappa shape index (κ1) is 12.6. The molecule has 1 aliphatic heterocycles. The number of hydrogen-bond acceptors (Lipinski definition) is 3. The molecule has 1 aromatic heterocycles. The van der Waals surface area contributed by atoms with Gasteiger partial charge in [0.15, 0.2) is 0 Å². The molecule has 2 heterocycles. The van der Waals surface area contributed by atoms with E-state index in [1.807, 2.05) is 18.4 Å². The molecule has 0 radical (unpaired) electrons. The number of carbonyl (C=O) groups excluding carboxylic acids is 2. The molecule has 0 aromatic carbocycles. The smallest absolute Gasteiger partial charge is 0.245 e. The van der Waals surface area contributed by atoms with Crippen LogP contribution in [0.25, 0.3) is 0 Å². The van der Waals surface area contributed by atoms with Crippen molar-refractivity contribution in [3.05, 3.63) is 20.8 Å². The summed E-state index contributed by atoms with van der Waals surface area (Å²) in [4.78, 5) is 26.2. The lowest BCUT2D eigenvalue weighted by molar-refractivity contribution is -0.144. The number of nitrogens with one attached hydrogen (secondary N) is 1. The van der Waals surface area contributed by atoms with Crippen molar-refractivity contribution in [1.82, 2.24) is 10.2 Å². The Balaban J connectivity index is 2.09. The highest BCUT2D eigenvalue weighted by Crippen LogP contribution is 2.22. The second kappa shape index (κ2) is 5.18. The van der Waals surface area contributed by atoms with Crippen LogP contribution in [0.4, 0.5) is 0 Å². The quantitative estimate of drug-likeness (QED) is 0.923. The normalized spacial score (nSPS) is 20.6. The summed E-state index contributed by atoms with van der Waals surface area (Å²) >= 11 is 4.96. The molecule has 1 fully saturated rings. The standard InChI is InChI=1S/C11H13BrN2O2S/c1-2-9-11(16)14(5-10(15)13-9)4-8-3-7(12)6-17-8/h3,6,9H,2,4-5H2,1H3,(H,13,15). The number of nitrogens with zero attached hydrogens (tertiary/aromatic N) is 1. The number of thiophene rings is 1. The number of amides is 2. The molecule has 2 amide bonds. The van der Waals surface area contributed by atoms with Gasteiger partial charge in [-0.25, -0.2) is 0 Å². The lowest BCUT2D eigenvalue weighted by atomic mass is 10.1. The van der Waals surface area contributed by atoms with Crippen molar-refractivity contribution in [2.75, 3.05) is 6.54 Å². The second-order valence-corrected chi connectivity index (χ2v) is 5.87. The van der Waals surface area contributed by atoms with Crippen molar-refractivity contribution in [2.45, 2.75) is 25.9 Å². The fourth-order valence-corrected chi connectivity index (χ4v) is 3.27. The maximum Gasteiger partial charge on any atom is 0.245 e. The van der Waals surface area contributed by atoms with Gasteiger partial charge in [-0.2, -0.15) is 0 Å². The molecule has 92 valence electrons. The molecule has 1 saturated heterocycles. The minimum Gasteiger partial charge on any atom is -0.343 e.